The van der Waals surface area contributed by atoms with Crippen molar-refractivity contribution in [2.45, 2.75) is 50.6 Å². The van der Waals surface area contributed by atoms with Gasteiger partial charge in [0.15, 0.2) is 11.9 Å². The van der Waals surface area contributed by atoms with Crippen molar-refractivity contribution in [2.75, 3.05) is 13.2 Å². The van der Waals surface area contributed by atoms with Crippen molar-refractivity contribution in [3.05, 3.63) is 29.8 Å². The molecule has 2 aliphatic rings. The molecule has 128 valence electrons. The first-order valence-corrected chi connectivity index (χ1v) is 8.26. The van der Waals surface area contributed by atoms with Gasteiger partial charge >= 0.3 is 5.97 Å². The van der Waals surface area contributed by atoms with Gasteiger partial charge in [-0.15, -0.1) is 0 Å². The van der Waals surface area contributed by atoms with Gasteiger partial charge in [0.05, 0.1) is 18.8 Å². The fourth-order valence-electron chi connectivity index (χ4n) is 3.10. The molecule has 2 fully saturated rings. The highest BCUT2D eigenvalue weighted by Crippen LogP contribution is 2.36. The molecule has 1 aliphatic carbocycles. The summed E-state index contributed by atoms with van der Waals surface area (Å²) in [5, 5.41) is 9.06. The van der Waals surface area contributed by atoms with E-state index < -0.39 is 17.9 Å². The summed E-state index contributed by atoms with van der Waals surface area (Å²) in [6.45, 7) is 2.89. The lowest BCUT2D eigenvalue weighted by Gasteiger charge is -2.35. The number of ether oxygens (including phenoxy) is 4. The fourth-order valence-corrected chi connectivity index (χ4v) is 3.10. The van der Waals surface area contributed by atoms with Crippen LogP contribution in [0.1, 0.15) is 38.2 Å². The summed E-state index contributed by atoms with van der Waals surface area (Å²) in [6, 6.07) is 8.87. The summed E-state index contributed by atoms with van der Waals surface area (Å²) in [5.41, 5.74) is 0.396. The molecule has 1 aromatic rings. The van der Waals surface area contributed by atoms with E-state index in [1.807, 2.05) is 6.07 Å². The average Bonchev–Trinajstić information content (AvgIpc) is 3.06. The number of carbonyl (C=O) groups is 1. The van der Waals surface area contributed by atoms with Crippen LogP contribution in [0.4, 0.5) is 0 Å². The molecule has 6 heteroatoms. The van der Waals surface area contributed by atoms with E-state index >= 15 is 0 Å². The monoisotopic (exact) mass is 331 g/mol. The molecule has 1 aliphatic heterocycles. The van der Waals surface area contributed by atoms with E-state index in [2.05, 4.69) is 0 Å². The van der Waals surface area contributed by atoms with Crippen molar-refractivity contribution >= 4 is 5.97 Å². The number of nitriles is 1. The van der Waals surface area contributed by atoms with Gasteiger partial charge in [0, 0.05) is 12.8 Å². The quantitative estimate of drug-likeness (QED) is 0.789. The SMILES string of the molecule is C[C@@H](Oc1ccccc1C#N)C(=O)OC1CCC2(CC1)OCCO2. The lowest BCUT2D eigenvalue weighted by Crippen LogP contribution is -2.39. The molecule has 0 aromatic heterocycles. The van der Waals surface area contributed by atoms with Crippen molar-refractivity contribution in [2.24, 2.45) is 0 Å². The van der Waals surface area contributed by atoms with Crippen LogP contribution in [0.15, 0.2) is 24.3 Å². The standard InChI is InChI=1S/C18H21NO5/c1-13(23-16-5-3-2-4-14(16)12-19)17(20)24-15-6-8-18(9-7-15)21-10-11-22-18/h2-5,13,15H,6-11H2,1H3/t13-/m1/s1. The Morgan fingerprint density at radius 2 is 1.96 bits per heavy atom. The van der Waals surface area contributed by atoms with Crippen LogP contribution < -0.4 is 4.74 Å². The van der Waals surface area contributed by atoms with E-state index in [1.54, 1.807) is 31.2 Å². The van der Waals surface area contributed by atoms with Crippen LogP contribution in [-0.4, -0.2) is 37.2 Å². The van der Waals surface area contributed by atoms with E-state index in [0.29, 0.717) is 37.4 Å². The molecule has 1 heterocycles. The number of rotatable bonds is 4. The largest absolute Gasteiger partial charge is 0.478 e. The number of hydrogen-bond donors (Lipinski definition) is 0. The molecule has 1 saturated carbocycles. The Morgan fingerprint density at radius 1 is 1.29 bits per heavy atom. The second kappa shape index (κ2) is 7.20. The maximum atomic E-state index is 12.2. The molecule has 0 N–H and O–H groups in total. The Morgan fingerprint density at radius 3 is 2.62 bits per heavy atom. The van der Waals surface area contributed by atoms with Crippen molar-refractivity contribution in [1.82, 2.24) is 0 Å². The van der Waals surface area contributed by atoms with Crippen LogP contribution in [0.3, 0.4) is 0 Å². The van der Waals surface area contributed by atoms with Crippen LogP contribution in [0, 0.1) is 11.3 Å². The van der Waals surface area contributed by atoms with Gasteiger partial charge in [-0.05, 0) is 31.9 Å². The molecule has 1 saturated heterocycles. The molecular weight excluding hydrogens is 310 g/mol. The summed E-state index contributed by atoms with van der Waals surface area (Å²) in [4.78, 5) is 12.2. The number of benzene rings is 1. The van der Waals surface area contributed by atoms with E-state index in [9.17, 15) is 4.79 Å². The summed E-state index contributed by atoms with van der Waals surface area (Å²) in [6.07, 6.45) is 1.98. The van der Waals surface area contributed by atoms with Gasteiger partial charge in [-0.1, -0.05) is 12.1 Å². The number of nitrogens with zero attached hydrogens (tertiary/aromatic N) is 1. The van der Waals surface area contributed by atoms with Gasteiger partial charge in [0.2, 0.25) is 0 Å². The lowest BCUT2D eigenvalue weighted by molar-refractivity contribution is -0.196. The Hall–Kier alpha value is -2.10. The topological polar surface area (TPSA) is 77.8 Å². The molecule has 0 radical (unpaired) electrons. The number of para-hydroxylation sites is 1. The molecule has 0 bridgehead atoms. The van der Waals surface area contributed by atoms with Crippen LogP contribution in [0.25, 0.3) is 0 Å². The Balaban J connectivity index is 1.51. The third-order valence-electron chi connectivity index (χ3n) is 4.43. The molecule has 3 rings (SSSR count). The van der Waals surface area contributed by atoms with Gasteiger partial charge in [-0.25, -0.2) is 4.79 Å². The molecule has 6 nitrogen and oxygen atoms in total. The predicted octanol–water partition coefficient (Wildman–Crippen LogP) is 2.55. The van der Waals surface area contributed by atoms with Gasteiger partial charge in [0.25, 0.3) is 0 Å². The van der Waals surface area contributed by atoms with E-state index in [0.717, 1.165) is 12.8 Å². The molecule has 1 atom stereocenters. The smallest absolute Gasteiger partial charge is 0.347 e. The Labute approximate surface area is 141 Å². The lowest BCUT2D eigenvalue weighted by atomic mass is 9.92. The highest BCUT2D eigenvalue weighted by atomic mass is 16.7. The molecule has 1 spiro atoms. The van der Waals surface area contributed by atoms with E-state index in [4.69, 9.17) is 24.2 Å². The molecule has 24 heavy (non-hydrogen) atoms. The van der Waals surface area contributed by atoms with Gasteiger partial charge in [-0.3, -0.25) is 0 Å². The first-order chi connectivity index (χ1) is 11.6. The Kier molecular flexibility index (Phi) is 5.03. The molecule has 0 amide bonds. The average molecular weight is 331 g/mol. The second-order valence-corrected chi connectivity index (χ2v) is 6.11. The highest BCUT2D eigenvalue weighted by molar-refractivity contribution is 5.75. The second-order valence-electron chi connectivity index (χ2n) is 6.11. The van der Waals surface area contributed by atoms with E-state index in [-0.39, 0.29) is 6.10 Å². The summed E-state index contributed by atoms with van der Waals surface area (Å²) in [5.74, 6) is -0.492. The maximum Gasteiger partial charge on any atom is 0.347 e. The van der Waals surface area contributed by atoms with Gasteiger partial charge < -0.3 is 18.9 Å². The third-order valence-corrected chi connectivity index (χ3v) is 4.43. The van der Waals surface area contributed by atoms with Crippen molar-refractivity contribution in [3.8, 4) is 11.8 Å². The number of carbonyl (C=O) groups excluding carboxylic acids is 1. The minimum absolute atomic E-state index is 0.145. The van der Waals surface area contributed by atoms with Gasteiger partial charge in [0.1, 0.15) is 17.9 Å². The van der Waals surface area contributed by atoms with Crippen LogP contribution >= 0.6 is 0 Å². The fraction of sp³-hybridized carbons (Fsp3) is 0.556. The summed E-state index contributed by atoms with van der Waals surface area (Å²) < 4.78 is 22.5. The predicted molar refractivity (Wildman–Crippen MR) is 84.2 cm³/mol. The Bertz CT molecular complexity index is 623. The first kappa shape index (κ1) is 16.7. The zero-order valence-corrected chi connectivity index (χ0v) is 13.7. The normalized spacial score (nSPS) is 21.2. The van der Waals surface area contributed by atoms with Crippen LogP contribution in [0.5, 0.6) is 5.75 Å². The minimum Gasteiger partial charge on any atom is -0.478 e. The molecular formula is C18H21NO5. The zero-order valence-electron chi connectivity index (χ0n) is 13.7. The first-order valence-electron chi connectivity index (χ1n) is 8.26. The van der Waals surface area contributed by atoms with E-state index in [1.165, 1.54) is 0 Å². The van der Waals surface area contributed by atoms with Crippen molar-refractivity contribution < 1.29 is 23.7 Å². The molecule has 0 unspecified atom stereocenters. The molecule has 1 aromatic carbocycles. The minimum atomic E-state index is -0.769. The maximum absolute atomic E-state index is 12.2. The van der Waals surface area contributed by atoms with Crippen molar-refractivity contribution in [3.63, 3.8) is 0 Å². The van der Waals surface area contributed by atoms with Gasteiger partial charge in [-0.2, -0.15) is 5.26 Å². The summed E-state index contributed by atoms with van der Waals surface area (Å²) >= 11 is 0. The summed E-state index contributed by atoms with van der Waals surface area (Å²) in [7, 11) is 0. The third kappa shape index (κ3) is 3.69. The van der Waals surface area contributed by atoms with Crippen LogP contribution in [-0.2, 0) is 19.0 Å². The highest BCUT2D eigenvalue weighted by Gasteiger charge is 2.41. The zero-order chi connectivity index (χ0) is 17.0. The van der Waals surface area contributed by atoms with Crippen molar-refractivity contribution in [1.29, 1.82) is 5.26 Å². The van der Waals surface area contributed by atoms with Crippen LogP contribution in [0.2, 0.25) is 0 Å². The number of esters is 1. The number of hydrogen-bond acceptors (Lipinski definition) is 6.